The normalized spacial score (nSPS) is 22.5. The Bertz CT molecular complexity index is 673. The van der Waals surface area contributed by atoms with Gasteiger partial charge in [-0.1, -0.05) is 12.5 Å². The van der Waals surface area contributed by atoms with Gasteiger partial charge in [0.2, 0.25) is 5.91 Å². The number of carbonyl (C=O) groups excluding carboxylic acids is 1. The van der Waals surface area contributed by atoms with Gasteiger partial charge < -0.3 is 11.1 Å². The number of benzene rings is 1. The number of sulfone groups is 1. The molecule has 0 saturated heterocycles. The third kappa shape index (κ3) is 3.25. The number of carbonyl (C=O) groups is 1. The van der Waals surface area contributed by atoms with Crippen molar-refractivity contribution in [1.29, 1.82) is 0 Å². The zero-order valence-corrected chi connectivity index (χ0v) is 12.2. The molecular formula is C13H15F3N2O3S. The Balaban J connectivity index is 2.21. The zero-order valence-electron chi connectivity index (χ0n) is 11.4. The van der Waals surface area contributed by atoms with Crippen LogP contribution < -0.4 is 11.1 Å². The summed E-state index contributed by atoms with van der Waals surface area (Å²) in [5.41, 5.74) is 0.394. The molecule has 5 nitrogen and oxygen atoms in total. The number of anilines is 1. The lowest BCUT2D eigenvalue weighted by Gasteiger charge is -2.15. The number of hydrogen-bond donors (Lipinski definition) is 2. The van der Waals surface area contributed by atoms with Crippen LogP contribution in [-0.4, -0.2) is 25.9 Å². The molecule has 1 aromatic carbocycles. The molecule has 1 aliphatic rings. The number of nitrogens with one attached hydrogen (secondary N) is 1. The lowest BCUT2D eigenvalue weighted by Crippen LogP contribution is -2.34. The van der Waals surface area contributed by atoms with Crippen molar-refractivity contribution in [2.75, 3.05) is 5.32 Å². The van der Waals surface area contributed by atoms with E-state index in [4.69, 9.17) is 5.73 Å². The van der Waals surface area contributed by atoms with Crippen LogP contribution in [0.25, 0.3) is 0 Å². The minimum Gasteiger partial charge on any atom is -0.327 e. The number of hydrogen-bond acceptors (Lipinski definition) is 4. The first kappa shape index (κ1) is 16.8. The lowest BCUT2D eigenvalue weighted by atomic mass is 10.0. The maximum Gasteiger partial charge on any atom is 0.501 e. The molecule has 9 heteroatoms. The van der Waals surface area contributed by atoms with E-state index in [1.54, 1.807) is 0 Å². The Hall–Kier alpha value is -1.61. The van der Waals surface area contributed by atoms with Crippen LogP contribution in [0.2, 0.25) is 0 Å². The maximum atomic E-state index is 12.5. The first-order chi connectivity index (χ1) is 10.1. The van der Waals surface area contributed by atoms with Crippen LogP contribution in [0.3, 0.4) is 0 Å². The molecule has 1 fully saturated rings. The Morgan fingerprint density at radius 2 is 1.95 bits per heavy atom. The highest BCUT2D eigenvalue weighted by molar-refractivity contribution is 7.92. The van der Waals surface area contributed by atoms with Gasteiger partial charge in [0.15, 0.2) is 0 Å². The number of alkyl halides is 3. The topological polar surface area (TPSA) is 89.3 Å². The van der Waals surface area contributed by atoms with Gasteiger partial charge in [-0.25, -0.2) is 8.42 Å². The lowest BCUT2D eigenvalue weighted by molar-refractivity contribution is -0.120. The van der Waals surface area contributed by atoms with Crippen LogP contribution in [0, 0.1) is 5.92 Å². The van der Waals surface area contributed by atoms with Crippen LogP contribution >= 0.6 is 0 Å². The molecule has 0 aliphatic heterocycles. The number of amides is 1. The van der Waals surface area contributed by atoms with E-state index in [9.17, 15) is 26.4 Å². The fourth-order valence-corrected chi connectivity index (χ4v) is 3.23. The van der Waals surface area contributed by atoms with E-state index in [-0.39, 0.29) is 11.7 Å². The second kappa shape index (κ2) is 5.88. The van der Waals surface area contributed by atoms with E-state index in [1.807, 2.05) is 0 Å². The van der Waals surface area contributed by atoms with E-state index >= 15 is 0 Å². The van der Waals surface area contributed by atoms with Crippen molar-refractivity contribution < 1.29 is 26.4 Å². The summed E-state index contributed by atoms with van der Waals surface area (Å²) in [5.74, 6) is -0.825. The molecule has 22 heavy (non-hydrogen) atoms. The highest BCUT2D eigenvalue weighted by Crippen LogP contribution is 2.31. The Kier molecular flexibility index (Phi) is 4.48. The molecule has 0 unspecified atom stereocenters. The maximum absolute atomic E-state index is 12.5. The fraction of sp³-hybridized carbons (Fsp3) is 0.462. The summed E-state index contributed by atoms with van der Waals surface area (Å²) in [6, 6.07) is 3.81. The Labute approximate surface area is 125 Å². The van der Waals surface area contributed by atoms with Crippen LogP contribution in [0.5, 0.6) is 0 Å². The summed E-state index contributed by atoms with van der Waals surface area (Å²) >= 11 is 0. The average molecular weight is 336 g/mol. The van der Waals surface area contributed by atoms with Crippen molar-refractivity contribution in [3.8, 4) is 0 Å². The van der Waals surface area contributed by atoms with Gasteiger partial charge in [-0.15, -0.1) is 0 Å². The van der Waals surface area contributed by atoms with Gasteiger partial charge in [0.1, 0.15) is 0 Å². The Morgan fingerprint density at radius 3 is 2.50 bits per heavy atom. The van der Waals surface area contributed by atoms with Gasteiger partial charge in [0.05, 0.1) is 10.8 Å². The van der Waals surface area contributed by atoms with E-state index in [0.29, 0.717) is 12.8 Å². The molecular weight excluding hydrogens is 321 g/mol. The summed E-state index contributed by atoms with van der Waals surface area (Å²) in [6.45, 7) is 0. The fourth-order valence-electron chi connectivity index (χ4n) is 2.42. The predicted molar refractivity (Wildman–Crippen MR) is 73.6 cm³/mol. The minimum absolute atomic E-state index is 0.00516. The van der Waals surface area contributed by atoms with E-state index in [2.05, 4.69) is 5.32 Å². The predicted octanol–water partition coefficient (Wildman–Crippen LogP) is 2.05. The molecule has 1 amide bonds. The smallest absolute Gasteiger partial charge is 0.327 e. The minimum atomic E-state index is -5.44. The molecule has 0 radical (unpaired) electrons. The van der Waals surface area contributed by atoms with Crippen LogP contribution in [0.1, 0.15) is 19.3 Å². The molecule has 0 heterocycles. The van der Waals surface area contributed by atoms with E-state index in [0.717, 1.165) is 24.6 Å². The first-order valence-electron chi connectivity index (χ1n) is 6.61. The summed E-state index contributed by atoms with van der Waals surface area (Å²) in [5, 5.41) is 2.43. The number of rotatable bonds is 3. The summed E-state index contributed by atoms with van der Waals surface area (Å²) in [6.07, 6.45) is 2.12. The molecule has 1 aromatic rings. The summed E-state index contributed by atoms with van der Waals surface area (Å²) in [7, 11) is -5.44. The van der Waals surface area contributed by atoms with Crippen molar-refractivity contribution in [1.82, 2.24) is 0 Å². The molecule has 122 valence electrons. The van der Waals surface area contributed by atoms with Crippen molar-refractivity contribution in [3.63, 3.8) is 0 Å². The zero-order chi connectivity index (χ0) is 16.5. The molecule has 1 saturated carbocycles. The molecule has 0 aromatic heterocycles. The second-order valence-electron chi connectivity index (χ2n) is 5.17. The molecule has 0 bridgehead atoms. The summed E-state index contributed by atoms with van der Waals surface area (Å²) in [4.78, 5) is 11.1. The van der Waals surface area contributed by atoms with E-state index in [1.165, 1.54) is 6.07 Å². The number of nitrogens with two attached hydrogens (primary N) is 1. The van der Waals surface area contributed by atoms with Crippen molar-refractivity contribution >= 4 is 21.4 Å². The SMILES string of the molecule is N[C@H]1CCC[C@H]1C(=O)Nc1cccc(S(=O)(=O)C(F)(F)F)c1. The highest BCUT2D eigenvalue weighted by Gasteiger charge is 2.46. The monoisotopic (exact) mass is 336 g/mol. The quantitative estimate of drug-likeness (QED) is 0.884. The third-order valence-electron chi connectivity index (χ3n) is 3.62. The van der Waals surface area contributed by atoms with Gasteiger partial charge >= 0.3 is 5.51 Å². The van der Waals surface area contributed by atoms with Gasteiger partial charge in [0.25, 0.3) is 9.84 Å². The van der Waals surface area contributed by atoms with Gasteiger partial charge in [0, 0.05) is 11.7 Å². The second-order valence-corrected chi connectivity index (χ2v) is 7.11. The first-order valence-corrected chi connectivity index (χ1v) is 8.09. The third-order valence-corrected chi connectivity index (χ3v) is 5.11. The molecule has 3 N–H and O–H groups in total. The molecule has 2 rings (SSSR count). The molecule has 0 spiro atoms. The van der Waals surface area contributed by atoms with Gasteiger partial charge in [-0.3, -0.25) is 4.79 Å². The van der Waals surface area contributed by atoms with Crippen LogP contribution in [-0.2, 0) is 14.6 Å². The van der Waals surface area contributed by atoms with Crippen molar-refractivity contribution in [2.45, 2.75) is 35.7 Å². The standard InChI is InChI=1S/C13H15F3N2O3S/c14-13(15,16)22(20,21)9-4-1-3-8(7-9)18-12(19)10-5-2-6-11(10)17/h1,3-4,7,10-11H,2,5-6,17H2,(H,18,19)/t10-,11+/m1/s1. The van der Waals surface area contributed by atoms with Crippen LogP contribution in [0.4, 0.5) is 18.9 Å². The Morgan fingerprint density at radius 1 is 1.27 bits per heavy atom. The summed E-state index contributed by atoms with van der Waals surface area (Å²) < 4.78 is 60.2. The molecule has 2 atom stereocenters. The highest BCUT2D eigenvalue weighted by atomic mass is 32.2. The number of halogens is 3. The van der Waals surface area contributed by atoms with Crippen LogP contribution in [0.15, 0.2) is 29.2 Å². The van der Waals surface area contributed by atoms with Gasteiger partial charge in [-0.05, 0) is 31.0 Å². The largest absolute Gasteiger partial charge is 0.501 e. The van der Waals surface area contributed by atoms with Crippen molar-refractivity contribution in [3.05, 3.63) is 24.3 Å². The molecule has 1 aliphatic carbocycles. The van der Waals surface area contributed by atoms with E-state index < -0.39 is 32.1 Å². The average Bonchev–Trinajstić information content (AvgIpc) is 2.84. The van der Waals surface area contributed by atoms with Gasteiger partial charge in [-0.2, -0.15) is 13.2 Å². The van der Waals surface area contributed by atoms with Crippen molar-refractivity contribution in [2.24, 2.45) is 11.7 Å².